The topological polar surface area (TPSA) is 39.2 Å². The molecule has 0 N–H and O–H groups in total. The first-order valence-corrected chi connectivity index (χ1v) is 5.81. The van der Waals surface area contributed by atoms with Crippen LogP contribution in [0, 0.1) is 6.92 Å². The summed E-state index contributed by atoms with van der Waals surface area (Å²) in [6, 6.07) is 8.71. The monoisotopic (exact) mass is 261 g/mol. The van der Waals surface area contributed by atoms with Crippen LogP contribution in [-0.4, -0.2) is 17.9 Å². The molecule has 0 amide bonds. The molecule has 0 aliphatic heterocycles. The number of methoxy groups -OCH3 is 1. The third kappa shape index (κ3) is 2.36. The van der Waals surface area contributed by atoms with E-state index in [2.05, 4.69) is 4.98 Å². The molecule has 1 aromatic carbocycles. The SMILES string of the molecule is COc1cccnc1C(=O)c1ccc(C)cc1Cl. The summed E-state index contributed by atoms with van der Waals surface area (Å²) in [7, 11) is 1.50. The van der Waals surface area contributed by atoms with E-state index in [0.717, 1.165) is 5.56 Å². The molecular weight excluding hydrogens is 250 g/mol. The minimum absolute atomic E-state index is 0.238. The van der Waals surface area contributed by atoms with E-state index >= 15 is 0 Å². The number of halogens is 1. The van der Waals surface area contributed by atoms with Gasteiger partial charge in [-0.05, 0) is 36.8 Å². The van der Waals surface area contributed by atoms with Gasteiger partial charge in [-0.25, -0.2) is 4.98 Å². The fourth-order valence-corrected chi connectivity index (χ4v) is 1.98. The number of ether oxygens (including phenoxy) is 1. The van der Waals surface area contributed by atoms with Gasteiger partial charge in [0.15, 0.2) is 5.69 Å². The van der Waals surface area contributed by atoms with Crippen LogP contribution in [0.5, 0.6) is 5.75 Å². The quantitative estimate of drug-likeness (QED) is 0.796. The van der Waals surface area contributed by atoms with Crippen molar-refractivity contribution in [3.63, 3.8) is 0 Å². The highest BCUT2D eigenvalue weighted by Crippen LogP contribution is 2.24. The fraction of sp³-hybridized carbons (Fsp3) is 0.143. The van der Waals surface area contributed by atoms with Crippen LogP contribution in [0.4, 0.5) is 0 Å². The second-order valence-corrected chi connectivity index (χ2v) is 4.27. The number of hydrogen-bond donors (Lipinski definition) is 0. The van der Waals surface area contributed by atoms with Gasteiger partial charge in [-0.3, -0.25) is 4.79 Å². The Balaban J connectivity index is 2.48. The number of pyridine rings is 1. The van der Waals surface area contributed by atoms with E-state index in [1.54, 1.807) is 30.5 Å². The summed E-state index contributed by atoms with van der Waals surface area (Å²) in [4.78, 5) is 16.4. The van der Waals surface area contributed by atoms with E-state index in [-0.39, 0.29) is 11.5 Å². The molecule has 0 atom stereocenters. The molecule has 0 aliphatic rings. The molecule has 0 bridgehead atoms. The normalized spacial score (nSPS) is 10.2. The standard InChI is InChI=1S/C14H12ClNO2/c1-9-5-6-10(11(15)8-9)14(17)13-12(18-2)4-3-7-16-13/h3-8H,1-2H3. The lowest BCUT2D eigenvalue weighted by Gasteiger charge is -2.07. The lowest BCUT2D eigenvalue weighted by atomic mass is 10.1. The van der Waals surface area contributed by atoms with E-state index < -0.39 is 0 Å². The highest BCUT2D eigenvalue weighted by Gasteiger charge is 2.18. The maximum absolute atomic E-state index is 12.3. The maximum Gasteiger partial charge on any atom is 0.216 e. The summed E-state index contributed by atoms with van der Waals surface area (Å²) in [6.07, 6.45) is 1.55. The summed E-state index contributed by atoms with van der Waals surface area (Å²) in [5.41, 5.74) is 1.70. The van der Waals surface area contributed by atoms with E-state index in [1.165, 1.54) is 7.11 Å². The van der Waals surface area contributed by atoms with Crippen molar-refractivity contribution in [2.24, 2.45) is 0 Å². The Morgan fingerprint density at radius 1 is 1.33 bits per heavy atom. The molecule has 4 heteroatoms. The fourth-order valence-electron chi connectivity index (χ4n) is 1.66. The highest BCUT2D eigenvalue weighted by atomic mass is 35.5. The van der Waals surface area contributed by atoms with Crippen LogP contribution in [0.1, 0.15) is 21.6 Å². The number of aromatic nitrogens is 1. The first-order chi connectivity index (χ1) is 8.63. The van der Waals surface area contributed by atoms with Crippen LogP contribution in [0.2, 0.25) is 5.02 Å². The zero-order valence-corrected chi connectivity index (χ0v) is 10.9. The van der Waals surface area contributed by atoms with Gasteiger partial charge in [0.2, 0.25) is 5.78 Å². The van der Waals surface area contributed by atoms with Crippen molar-refractivity contribution < 1.29 is 9.53 Å². The molecule has 18 heavy (non-hydrogen) atoms. The van der Waals surface area contributed by atoms with Crippen molar-refractivity contribution in [3.05, 3.63) is 58.4 Å². The molecular formula is C14H12ClNO2. The molecule has 1 aromatic heterocycles. The summed E-state index contributed by atoms with van der Waals surface area (Å²) in [5, 5.41) is 0.424. The zero-order valence-electron chi connectivity index (χ0n) is 10.1. The van der Waals surface area contributed by atoms with E-state index in [0.29, 0.717) is 16.3 Å². The van der Waals surface area contributed by atoms with Gasteiger partial charge < -0.3 is 4.74 Å². The Morgan fingerprint density at radius 3 is 2.78 bits per heavy atom. The lowest BCUT2D eigenvalue weighted by molar-refractivity contribution is 0.103. The summed E-state index contributed by atoms with van der Waals surface area (Å²) >= 11 is 6.08. The number of nitrogens with zero attached hydrogens (tertiary/aromatic N) is 1. The Hall–Kier alpha value is -1.87. The third-order valence-corrected chi connectivity index (χ3v) is 2.89. The zero-order chi connectivity index (χ0) is 13.1. The molecule has 0 unspecified atom stereocenters. The van der Waals surface area contributed by atoms with E-state index in [9.17, 15) is 4.79 Å². The van der Waals surface area contributed by atoms with Crippen molar-refractivity contribution in [1.29, 1.82) is 0 Å². The van der Waals surface area contributed by atoms with E-state index in [4.69, 9.17) is 16.3 Å². The average molecular weight is 262 g/mol. The van der Waals surface area contributed by atoms with E-state index in [1.807, 2.05) is 13.0 Å². The van der Waals surface area contributed by atoms with Crippen LogP contribution in [-0.2, 0) is 0 Å². The van der Waals surface area contributed by atoms with Crippen molar-refractivity contribution in [1.82, 2.24) is 4.98 Å². The van der Waals surface area contributed by atoms with Crippen molar-refractivity contribution in [2.75, 3.05) is 7.11 Å². The van der Waals surface area contributed by atoms with Crippen LogP contribution in [0.3, 0.4) is 0 Å². The Labute approximate surface area is 110 Å². The minimum Gasteiger partial charge on any atom is -0.494 e. The predicted molar refractivity (Wildman–Crippen MR) is 70.4 cm³/mol. The molecule has 0 aliphatic carbocycles. The number of benzene rings is 1. The van der Waals surface area contributed by atoms with Crippen LogP contribution in [0.25, 0.3) is 0 Å². The molecule has 2 rings (SSSR count). The Kier molecular flexibility index (Phi) is 3.63. The van der Waals surface area contributed by atoms with Crippen molar-refractivity contribution in [3.8, 4) is 5.75 Å². The smallest absolute Gasteiger partial charge is 0.216 e. The van der Waals surface area contributed by atoms with Crippen molar-refractivity contribution in [2.45, 2.75) is 6.92 Å². The molecule has 3 nitrogen and oxygen atoms in total. The number of ketones is 1. The van der Waals surface area contributed by atoms with Gasteiger partial charge in [0.1, 0.15) is 5.75 Å². The van der Waals surface area contributed by atoms with Crippen LogP contribution in [0.15, 0.2) is 36.5 Å². The van der Waals surface area contributed by atoms with Gasteiger partial charge in [-0.15, -0.1) is 0 Å². The van der Waals surface area contributed by atoms with Gasteiger partial charge in [0, 0.05) is 11.8 Å². The molecule has 0 saturated carbocycles. The molecule has 2 aromatic rings. The third-order valence-electron chi connectivity index (χ3n) is 2.57. The van der Waals surface area contributed by atoms with Gasteiger partial charge in [-0.2, -0.15) is 0 Å². The average Bonchev–Trinajstić information content (AvgIpc) is 2.38. The number of aryl methyl sites for hydroxylation is 1. The molecule has 92 valence electrons. The second-order valence-electron chi connectivity index (χ2n) is 3.87. The first kappa shape index (κ1) is 12.6. The number of hydrogen-bond acceptors (Lipinski definition) is 3. The Morgan fingerprint density at radius 2 is 2.11 bits per heavy atom. The van der Waals surface area contributed by atoms with Crippen LogP contribution >= 0.6 is 11.6 Å². The minimum atomic E-state index is -0.238. The predicted octanol–water partition coefficient (Wildman–Crippen LogP) is 3.28. The number of rotatable bonds is 3. The van der Waals surface area contributed by atoms with Gasteiger partial charge in [0.05, 0.1) is 12.1 Å². The molecule has 0 radical (unpaired) electrons. The molecule has 0 spiro atoms. The van der Waals surface area contributed by atoms with Gasteiger partial charge >= 0.3 is 0 Å². The summed E-state index contributed by atoms with van der Waals surface area (Å²) < 4.78 is 5.13. The van der Waals surface area contributed by atoms with Crippen LogP contribution < -0.4 is 4.74 Å². The summed E-state index contributed by atoms with van der Waals surface area (Å²) in [5.74, 6) is 0.205. The van der Waals surface area contributed by atoms with Gasteiger partial charge in [0.25, 0.3) is 0 Å². The maximum atomic E-state index is 12.3. The lowest BCUT2D eigenvalue weighted by Crippen LogP contribution is -2.07. The molecule has 0 fully saturated rings. The number of carbonyl (C=O) groups is 1. The summed E-state index contributed by atoms with van der Waals surface area (Å²) in [6.45, 7) is 1.92. The Bertz CT molecular complexity index is 596. The van der Waals surface area contributed by atoms with Gasteiger partial charge in [-0.1, -0.05) is 17.7 Å². The largest absolute Gasteiger partial charge is 0.494 e. The second kappa shape index (κ2) is 5.19. The first-order valence-electron chi connectivity index (χ1n) is 5.43. The van der Waals surface area contributed by atoms with Crippen molar-refractivity contribution >= 4 is 17.4 Å². The molecule has 0 saturated heterocycles. The highest BCUT2D eigenvalue weighted by molar-refractivity contribution is 6.35. The number of carbonyl (C=O) groups excluding carboxylic acids is 1. The molecule has 1 heterocycles.